The minimum absolute atomic E-state index is 0.0484. The number of benzene rings is 3. The lowest BCUT2D eigenvalue weighted by Gasteiger charge is -2.26. The summed E-state index contributed by atoms with van der Waals surface area (Å²) in [6, 6.07) is 17.8. The van der Waals surface area contributed by atoms with Gasteiger partial charge in [0.1, 0.15) is 23.2 Å². The number of aromatic nitrogens is 2. The minimum atomic E-state index is -0.519. The molecule has 1 heterocycles. The molecule has 0 spiro atoms. The molecule has 0 fully saturated rings. The van der Waals surface area contributed by atoms with E-state index in [1.54, 1.807) is 54.6 Å². The number of hydrogen-bond donors (Lipinski definition) is 3. The highest BCUT2D eigenvalue weighted by Gasteiger charge is 2.22. The lowest BCUT2D eigenvalue weighted by atomic mass is 10.1. The third-order valence-corrected chi connectivity index (χ3v) is 5.77. The summed E-state index contributed by atoms with van der Waals surface area (Å²) in [5, 5.41) is 7.72. The number of methoxy groups -OCH3 is 1. The van der Waals surface area contributed by atoms with Crippen molar-refractivity contribution in [2.75, 3.05) is 18.6 Å². The van der Waals surface area contributed by atoms with Crippen LogP contribution in [0.15, 0.2) is 66.9 Å². The van der Waals surface area contributed by atoms with Crippen molar-refractivity contribution in [2.45, 2.75) is 33.4 Å². The number of nitrogens with one attached hydrogen (secondary N) is 2. The summed E-state index contributed by atoms with van der Waals surface area (Å²) in [7, 11) is 1.61. The predicted octanol–water partition coefficient (Wildman–Crippen LogP) is 6.03. The number of rotatable bonds is 11. The van der Waals surface area contributed by atoms with Crippen molar-refractivity contribution in [3.8, 4) is 28.5 Å². The van der Waals surface area contributed by atoms with E-state index in [0.29, 0.717) is 40.9 Å². The maximum absolute atomic E-state index is 15.9. The molecule has 1 aromatic heterocycles. The minimum Gasteiger partial charge on any atom is -0.496 e. The third-order valence-electron chi connectivity index (χ3n) is 5.77. The fourth-order valence-corrected chi connectivity index (χ4v) is 4.07. The number of ether oxygens (including phenoxy) is 3. The molecule has 8 nitrogen and oxygen atoms in total. The van der Waals surface area contributed by atoms with Gasteiger partial charge in [-0.15, -0.1) is 0 Å². The standard InChI is InChI=1S/C29H32FN5O3/c1-5-37-21-14-24(28(30)26(15-21)38-18(2)3)35(20-12-10-19(11-13-20)29(31)32)17-27-33-16-23(34-27)22-8-6-7-9-25(22)36-4/h6-16,18H,5,17H2,1-4H3,(H3,31,32)(H,33,34). The lowest BCUT2D eigenvalue weighted by Crippen LogP contribution is -2.20. The molecular formula is C29H32FN5O3. The molecule has 38 heavy (non-hydrogen) atoms. The molecule has 9 heteroatoms. The monoisotopic (exact) mass is 517 g/mol. The fourth-order valence-electron chi connectivity index (χ4n) is 4.07. The largest absolute Gasteiger partial charge is 0.496 e. The van der Waals surface area contributed by atoms with Crippen LogP contribution in [-0.2, 0) is 6.54 Å². The van der Waals surface area contributed by atoms with Crippen LogP contribution in [0.4, 0.5) is 15.8 Å². The number of anilines is 2. The van der Waals surface area contributed by atoms with E-state index in [1.165, 1.54) is 0 Å². The number of para-hydroxylation sites is 1. The first-order valence-electron chi connectivity index (χ1n) is 12.3. The number of nitrogens with zero attached hydrogens (tertiary/aromatic N) is 2. The van der Waals surface area contributed by atoms with Crippen molar-refractivity contribution in [1.82, 2.24) is 9.97 Å². The zero-order chi connectivity index (χ0) is 27.2. The number of halogens is 1. The highest BCUT2D eigenvalue weighted by Crippen LogP contribution is 2.38. The SMILES string of the molecule is CCOc1cc(OC(C)C)c(F)c(N(Cc2nc(-c3ccccc3OC)c[nH]2)c2ccc(C(=N)N)cc2)c1. The topological polar surface area (TPSA) is 109 Å². The van der Waals surface area contributed by atoms with Crippen LogP contribution in [0.25, 0.3) is 11.3 Å². The van der Waals surface area contributed by atoms with E-state index >= 15 is 4.39 Å². The maximum atomic E-state index is 15.9. The van der Waals surface area contributed by atoms with E-state index in [0.717, 1.165) is 5.56 Å². The molecule has 0 amide bonds. The fraction of sp³-hybridized carbons (Fsp3) is 0.241. The number of aromatic amines is 1. The Morgan fingerprint density at radius 1 is 1.11 bits per heavy atom. The molecule has 0 radical (unpaired) electrons. The Hall–Kier alpha value is -4.53. The molecule has 0 bridgehead atoms. The Morgan fingerprint density at radius 3 is 2.50 bits per heavy atom. The van der Waals surface area contributed by atoms with Crippen molar-refractivity contribution < 1.29 is 18.6 Å². The molecule has 4 N–H and O–H groups in total. The average molecular weight is 518 g/mol. The lowest BCUT2D eigenvalue weighted by molar-refractivity contribution is 0.229. The molecule has 0 unspecified atom stereocenters. The van der Waals surface area contributed by atoms with Crippen molar-refractivity contribution in [3.63, 3.8) is 0 Å². The summed E-state index contributed by atoms with van der Waals surface area (Å²) in [4.78, 5) is 9.76. The normalized spacial score (nSPS) is 10.9. The van der Waals surface area contributed by atoms with Crippen LogP contribution >= 0.6 is 0 Å². The van der Waals surface area contributed by atoms with Gasteiger partial charge in [0.2, 0.25) is 0 Å². The highest BCUT2D eigenvalue weighted by atomic mass is 19.1. The second-order valence-electron chi connectivity index (χ2n) is 8.83. The Balaban J connectivity index is 1.80. The Bertz CT molecular complexity index is 1400. The number of nitrogen functional groups attached to an aromatic ring is 1. The predicted molar refractivity (Wildman–Crippen MR) is 147 cm³/mol. The van der Waals surface area contributed by atoms with Gasteiger partial charge in [-0.2, -0.15) is 0 Å². The smallest absolute Gasteiger partial charge is 0.188 e. The van der Waals surface area contributed by atoms with Crippen LogP contribution in [0.2, 0.25) is 0 Å². The van der Waals surface area contributed by atoms with E-state index in [1.807, 2.05) is 45.0 Å². The number of amidine groups is 1. The number of nitrogens with two attached hydrogens (primary N) is 1. The zero-order valence-electron chi connectivity index (χ0n) is 21.9. The molecule has 0 aliphatic heterocycles. The van der Waals surface area contributed by atoms with Crippen LogP contribution in [0.3, 0.4) is 0 Å². The molecule has 0 saturated heterocycles. The quantitative estimate of drug-likeness (QED) is 0.165. The number of imidazole rings is 1. The molecule has 0 saturated carbocycles. The van der Waals surface area contributed by atoms with Crippen molar-refractivity contribution in [3.05, 3.63) is 84.1 Å². The third kappa shape index (κ3) is 5.88. The second-order valence-corrected chi connectivity index (χ2v) is 8.83. The van der Waals surface area contributed by atoms with Gasteiger partial charge in [0.05, 0.1) is 37.7 Å². The number of H-pyrrole nitrogens is 1. The molecule has 0 atom stereocenters. The summed E-state index contributed by atoms with van der Waals surface area (Å²) in [6.07, 6.45) is 1.57. The highest BCUT2D eigenvalue weighted by molar-refractivity contribution is 5.95. The van der Waals surface area contributed by atoms with Gasteiger partial charge in [0.15, 0.2) is 11.6 Å². The summed E-state index contributed by atoms with van der Waals surface area (Å²) in [6.45, 7) is 6.18. The van der Waals surface area contributed by atoms with Crippen molar-refractivity contribution >= 4 is 17.2 Å². The van der Waals surface area contributed by atoms with E-state index in [9.17, 15) is 0 Å². The van der Waals surface area contributed by atoms with Crippen LogP contribution in [0, 0.1) is 11.2 Å². The van der Waals surface area contributed by atoms with Gasteiger partial charge in [-0.05, 0) is 57.2 Å². The summed E-state index contributed by atoms with van der Waals surface area (Å²) >= 11 is 0. The Labute approximate surface area is 221 Å². The molecule has 198 valence electrons. The Morgan fingerprint density at radius 2 is 1.84 bits per heavy atom. The molecule has 0 aliphatic carbocycles. The number of hydrogen-bond acceptors (Lipinski definition) is 6. The van der Waals surface area contributed by atoms with Crippen molar-refractivity contribution in [1.29, 1.82) is 5.41 Å². The van der Waals surface area contributed by atoms with Crippen LogP contribution < -0.4 is 24.8 Å². The first kappa shape index (κ1) is 26.5. The first-order valence-corrected chi connectivity index (χ1v) is 12.3. The van der Waals surface area contributed by atoms with Crippen LogP contribution in [-0.4, -0.2) is 35.6 Å². The van der Waals surface area contributed by atoms with Gasteiger partial charge in [-0.1, -0.05) is 12.1 Å². The van der Waals surface area contributed by atoms with E-state index in [-0.39, 0.29) is 29.9 Å². The van der Waals surface area contributed by atoms with E-state index in [4.69, 9.17) is 30.3 Å². The van der Waals surface area contributed by atoms with Gasteiger partial charge in [-0.25, -0.2) is 9.37 Å². The zero-order valence-corrected chi connectivity index (χ0v) is 21.9. The van der Waals surface area contributed by atoms with Gasteiger partial charge < -0.3 is 29.8 Å². The van der Waals surface area contributed by atoms with Gasteiger partial charge in [0, 0.05) is 35.1 Å². The first-order chi connectivity index (χ1) is 18.3. The van der Waals surface area contributed by atoms with Crippen LogP contribution in [0.5, 0.6) is 17.2 Å². The second kappa shape index (κ2) is 11.7. The van der Waals surface area contributed by atoms with E-state index in [2.05, 4.69) is 4.98 Å². The van der Waals surface area contributed by atoms with Gasteiger partial charge in [0.25, 0.3) is 0 Å². The average Bonchev–Trinajstić information content (AvgIpc) is 3.37. The van der Waals surface area contributed by atoms with Crippen LogP contribution in [0.1, 0.15) is 32.2 Å². The maximum Gasteiger partial charge on any atom is 0.188 e. The summed E-state index contributed by atoms with van der Waals surface area (Å²) in [5.74, 6) is 1.32. The Kier molecular flexibility index (Phi) is 8.15. The summed E-state index contributed by atoms with van der Waals surface area (Å²) in [5.41, 5.74) is 8.70. The van der Waals surface area contributed by atoms with Crippen molar-refractivity contribution in [2.24, 2.45) is 5.73 Å². The van der Waals surface area contributed by atoms with Gasteiger partial charge >= 0.3 is 0 Å². The molecular weight excluding hydrogens is 485 g/mol. The van der Waals surface area contributed by atoms with E-state index < -0.39 is 5.82 Å². The molecule has 4 aromatic rings. The summed E-state index contributed by atoms with van der Waals surface area (Å²) < 4.78 is 33.0. The van der Waals surface area contributed by atoms with Gasteiger partial charge in [-0.3, -0.25) is 5.41 Å². The molecule has 4 rings (SSSR count). The molecule has 3 aromatic carbocycles. The molecule has 0 aliphatic rings.